The Morgan fingerprint density at radius 2 is 1.70 bits per heavy atom. The minimum atomic E-state index is -1.36. The standard InChI is InChI=1S/C17H17NO5/c19-10-14(17(21)22)18-16(20)13-8-4-5-9-15(13)23-11-12-6-2-1-3-7-12/h1-9,14,19H,10-11H2,(H,18,20)(H,21,22). The fraction of sp³-hybridized carbons (Fsp3) is 0.176. The van der Waals surface area contributed by atoms with Crippen LogP contribution in [0, 0.1) is 0 Å². The summed E-state index contributed by atoms with van der Waals surface area (Å²) in [4.78, 5) is 23.1. The van der Waals surface area contributed by atoms with Crippen molar-refractivity contribution in [2.24, 2.45) is 0 Å². The summed E-state index contributed by atoms with van der Waals surface area (Å²) in [5, 5.41) is 20.1. The highest BCUT2D eigenvalue weighted by Gasteiger charge is 2.21. The van der Waals surface area contributed by atoms with Gasteiger partial charge in [-0.1, -0.05) is 42.5 Å². The fourth-order valence-electron chi connectivity index (χ4n) is 1.94. The Balaban J connectivity index is 2.10. The summed E-state index contributed by atoms with van der Waals surface area (Å²) in [5.74, 6) is -1.57. The molecule has 2 rings (SSSR count). The maximum absolute atomic E-state index is 12.2. The van der Waals surface area contributed by atoms with E-state index < -0.39 is 24.5 Å². The Bertz CT molecular complexity index is 672. The van der Waals surface area contributed by atoms with Crippen LogP contribution in [0.15, 0.2) is 54.6 Å². The van der Waals surface area contributed by atoms with Gasteiger partial charge in [0, 0.05) is 0 Å². The van der Waals surface area contributed by atoms with Crippen LogP contribution in [-0.4, -0.2) is 34.7 Å². The molecule has 0 saturated carbocycles. The number of ether oxygens (including phenoxy) is 1. The Morgan fingerprint density at radius 3 is 2.35 bits per heavy atom. The van der Waals surface area contributed by atoms with Gasteiger partial charge in [-0.05, 0) is 17.7 Å². The maximum Gasteiger partial charge on any atom is 0.328 e. The molecular weight excluding hydrogens is 298 g/mol. The van der Waals surface area contributed by atoms with Crippen molar-refractivity contribution in [3.8, 4) is 5.75 Å². The molecule has 0 aliphatic heterocycles. The molecule has 2 aromatic carbocycles. The molecule has 3 N–H and O–H groups in total. The lowest BCUT2D eigenvalue weighted by Gasteiger charge is -2.14. The lowest BCUT2D eigenvalue weighted by molar-refractivity contribution is -0.140. The van der Waals surface area contributed by atoms with Gasteiger partial charge in [0.15, 0.2) is 6.04 Å². The SMILES string of the molecule is O=C(NC(CO)C(=O)O)c1ccccc1OCc1ccccc1. The summed E-state index contributed by atoms with van der Waals surface area (Å²) >= 11 is 0. The Labute approximate surface area is 133 Å². The molecule has 0 bridgehead atoms. The predicted molar refractivity (Wildman–Crippen MR) is 83.2 cm³/mol. The summed E-state index contributed by atoms with van der Waals surface area (Å²) in [6, 6.07) is 14.6. The number of carboxylic acid groups (broad SMARTS) is 1. The third-order valence-electron chi connectivity index (χ3n) is 3.15. The molecule has 120 valence electrons. The highest BCUT2D eigenvalue weighted by atomic mass is 16.5. The zero-order chi connectivity index (χ0) is 16.7. The quantitative estimate of drug-likeness (QED) is 0.718. The van der Waals surface area contributed by atoms with E-state index in [4.69, 9.17) is 14.9 Å². The molecule has 0 aromatic heterocycles. The number of amides is 1. The summed E-state index contributed by atoms with van der Waals surface area (Å²) in [6.45, 7) is -0.401. The fourth-order valence-corrected chi connectivity index (χ4v) is 1.94. The summed E-state index contributed by atoms with van der Waals surface area (Å²) in [5.41, 5.74) is 1.16. The lowest BCUT2D eigenvalue weighted by Crippen LogP contribution is -2.43. The number of rotatable bonds is 7. The van der Waals surface area contributed by atoms with Gasteiger partial charge in [0.05, 0.1) is 12.2 Å². The first-order valence-corrected chi connectivity index (χ1v) is 7.02. The van der Waals surface area contributed by atoms with Crippen molar-refractivity contribution >= 4 is 11.9 Å². The minimum absolute atomic E-state index is 0.211. The van der Waals surface area contributed by atoms with E-state index in [-0.39, 0.29) is 12.2 Å². The molecule has 0 saturated heterocycles. The van der Waals surface area contributed by atoms with E-state index in [2.05, 4.69) is 5.32 Å². The molecule has 1 atom stereocenters. The number of carbonyl (C=O) groups excluding carboxylic acids is 1. The van der Waals surface area contributed by atoms with Crippen LogP contribution in [0.25, 0.3) is 0 Å². The first-order chi connectivity index (χ1) is 11.1. The van der Waals surface area contributed by atoms with Gasteiger partial charge in [-0.2, -0.15) is 0 Å². The number of para-hydroxylation sites is 1. The number of carboxylic acids is 1. The van der Waals surface area contributed by atoms with Crippen molar-refractivity contribution in [1.82, 2.24) is 5.32 Å². The number of aliphatic carboxylic acids is 1. The average molecular weight is 315 g/mol. The molecule has 6 heteroatoms. The Morgan fingerprint density at radius 1 is 1.04 bits per heavy atom. The van der Waals surface area contributed by atoms with Crippen LogP contribution >= 0.6 is 0 Å². The Hall–Kier alpha value is -2.86. The van der Waals surface area contributed by atoms with Gasteiger partial charge in [-0.3, -0.25) is 4.79 Å². The lowest BCUT2D eigenvalue weighted by atomic mass is 10.1. The molecule has 0 aliphatic rings. The molecule has 6 nitrogen and oxygen atoms in total. The third kappa shape index (κ3) is 4.55. The van der Waals surface area contributed by atoms with Crippen LogP contribution in [0.1, 0.15) is 15.9 Å². The molecule has 0 spiro atoms. The number of hydrogen-bond donors (Lipinski definition) is 3. The minimum Gasteiger partial charge on any atom is -0.488 e. The van der Waals surface area contributed by atoms with Crippen LogP contribution < -0.4 is 10.1 Å². The number of hydrogen-bond acceptors (Lipinski definition) is 4. The molecule has 1 unspecified atom stereocenters. The molecule has 0 radical (unpaired) electrons. The molecule has 0 aliphatic carbocycles. The van der Waals surface area contributed by atoms with Crippen molar-refractivity contribution in [3.63, 3.8) is 0 Å². The van der Waals surface area contributed by atoms with Crippen LogP contribution in [-0.2, 0) is 11.4 Å². The van der Waals surface area contributed by atoms with E-state index in [0.29, 0.717) is 5.75 Å². The first kappa shape index (κ1) is 16.5. The number of nitrogens with one attached hydrogen (secondary N) is 1. The van der Waals surface area contributed by atoms with E-state index in [1.165, 1.54) is 6.07 Å². The second-order valence-corrected chi connectivity index (χ2v) is 4.82. The van der Waals surface area contributed by atoms with E-state index in [0.717, 1.165) is 5.56 Å². The van der Waals surface area contributed by atoms with Gasteiger partial charge in [-0.25, -0.2) is 4.79 Å². The molecule has 23 heavy (non-hydrogen) atoms. The highest BCUT2D eigenvalue weighted by molar-refractivity contribution is 5.98. The third-order valence-corrected chi connectivity index (χ3v) is 3.15. The topological polar surface area (TPSA) is 95.9 Å². The van der Waals surface area contributed by atoms with Crippen molar-refractivity contribution in [2.45, 2.75) is 12.6 Å². The van der Waals surface area contributed by atoms with Crippen LogP contribution in [0.5, 0.6) is 5.75 Å². The van der Waals surface area contributed by atoms with Gasteiger partial charge in [0.1, 0.15) is 12.4 Å². The van der Waals surface area contributed by atoms with Gasteiger partial charge in [-0.15, -0.1) is 0 Å². The summed E-state index contributed by atoms with van der Waals surface area (Å²) in [6.07, 6.45) is 0. The van der Waals surface area contributed by atoms with Gasteiger partial charge in [0.2, 0.25) is 0 Å². The van der Waals surface area contributed by atoms with Crippen molar-refractivity contribution in [1.29, 1.82) is 0 Å². The zero-order valence-electron chi connectivity index (χ0n) is 12.3. The van der Waals surface area contributed by atoms with Crippen LogP contribution in [0.2, 0.25) is 0 Å². The number of aliphatic hydroxyl groups is 1. The monoisotopic (exact) mass is 315 g/mol. The van der Waals surface area contributed by atoms with Crippen LogP contribution in [0.3, 0.4) is 0 Å². The predicted octanol–water partition coefficient (Wildman–Crippen LogP) is 1.44. The van der Waals surface area contributed by atoms with Crippen molar-refractivity contribution in [2.75, 3.05) is 6.61 Å². The van der Waals surface area contributed by atoms with Crippen molar-refractivity contribution < 1.29 is 24.5 Å². The zero-order valence-corrected chi connectivity index (χ0v) is 12.3. The molecule has 2 aromatic rings. The van der Waals surface area contributed by atoms with E-state index >= 15 is 0 Å². The normalized spacial score (nSPS) is 11.5. The number of benzene rings is 2. The second-order valence-electron chi connectivity index (χ2n) is 4.82. The van der Waals surface area contributed by atoms with Gasteiger partial charge in [0.25, 0.3) is 5.91 Å². The Kier molecular flexibility index (Phi) is 5.71. The highest BCUT2D eigenvalue weighted by Crippen LogP contribution is 2.19. The molecule has 0 fully saturated rings. The molecule has 1 amide bonds. The molecular formula is C17H17NO5. The van der Waals surface area contributed by atoms with Crippen LogP contribution in [0.4, 0.5) is 0 Å². The number of carbonyl (C=O) groups is 2. The van der Waals surface area contributed by atoms with Gasteiger partial charge >= 0.3 is 5.97 Å². The average Bonchev–Trinajstić information content (AvgIpc) is 2.58. The number of aliphatic hydroxyl groups excluding tert-OH is 1. The van der Waals surface area contributed by atoms with E-state index in [1.807, 2.05) is 30.3 Å². The van der Waals surface area contributed by atoms with Gasteiger partial charge < -0.3 is 20.3 Å². The molecule has 0 heterocycles. The first-order valence-electron chi connectivity index (χ1n) is 7.02. The van der Waals surface area contributed by atoms with E-state index in [9.17, 15) is 9.59 Å². The summed E-state index contributed by atoms with van der Waals surface area (Å²) in [7, 11) is 0. The maximum atomic E-state index is 12.2. The second kappa shape index (κ2) is 7.95. The largest absolute Gasteiger partial charge is 0.488 e. The van der Waals surface area contributed by atoms with E-state index in [1.54, 1.807) is 18.2 Å². The summed E-state index contributed by atoms with van der Waals surface area (Å²) < 4.78 is 5.65. The smallest absolute Gasteiger partial charge is 0.328 e. The van der Waals surface area contributed by atoms with Crippen molar-refractivity contribution in [3.05, 3.63) is 65.7 Å².